The number of piperidine rings is 1. The molecule has 7 atom stereocenters. The fourth-order valence-corrected chi connectivity index (χ4v) is 11.0. The van der Waals surface area contributed by atoms with Gasteiger partial charge in [0.05, 0.1) is 12.2 Å². The third-order valence-corrected chi connectivity index (χ3v) is 20.1. The van der Waals surface area contributed by atoms with E-state index >= 15 is 0 Å². The van der Waals surface area contributed by atoms with Gasteiger partial charge in [-0.05, 0) is 66.9 Å². The maximum atomic E-state index is 7.34. The van der Waals surface area contributed by atoms with Crippen molar-refractivity contribution < 1.29 is 13.6 Å². The van der Waals surface area contributed by atoms with E-state index in [0.29, 0.717) is 17.8 Å². The van der Waals surface area contributed by atoms with Gasteiger partial charge in [0.25, 0.3) is 0 Å². The van der Waals surface area contributed by atoms with Gasteiger partial charge in [-0.25, -0.2) is 0 Å². The van der Waals surface area contributed by atoms with E-state index in [4.69, 9.17) is 13.6 Å². The highest BCUT2D eigenvalue weighted by molar-refractivity contribution is 6.83. The summed E-state index contributed by atoms with van der Waals surface area (Å²) in [5.74, 6) is 5.12. The first kappa shape index (κ1) is 35.2. The van der Waals surface area contributed by atoms with Crippen LogP contribution in [-0.2, 0) is 13.6 Å². The number of nitrogens with one attached hydrogen (secondary N) is 1. The van der Waals surface area contributed by atoms with E-state index in [0.717, 1.165) is 43.9 Å². The number of rotatable bonds is 11. The summed E-state index contributed by atoms with van der Waals surface area (Å²) < 4.78 is 21.9. The van der Waals surface area contributed by atoms with Crippen LogP contribution in [0.5, 0.6) is 0 Å². The molecule has 0 aromatic carbocycles. The molecule has 2 saturated heterocycles. The van der Waals surface area contributed by atoms with Crippen LogP contribution in [0.4, 0.5) is 0 Å². The molecule has 0 amide bonds. The second kappa shape index (κ2) is 13.6. The Morgan fingerprint density at radius 3 is 2.10 bits per heavy atom. The van der Waals surface area contributed by atoms with Crippen molar-refractivity contribution in [1.82, 2.24) is 5.32 Å². The topological polar surface area (TPSA) is 39.7 Å². The molecule has 228 valence electrons. The summed E-state index contributed by atoms with van der Waals surface area (Å²) in [7, 11) is -5.25. The Labute approximate surface area is 246 Å². The normalized spacial score (nSPS) is 30.2. The smallest absolute Gasteiger partial charge is 0.192 e. The van der Waals surface area contributed by atoms with Gasteiger partial charge in [0, 0.05) is 19.4 Å². The average Bonchev–Trinajstić information content (AvgIpc) is 3.17. The molecule has 2 heterocycles. The molecule has 0 radical (unpaired) electrons. The minimum Gasteiger partial charge on any atom is -0.411 e. The van der Waals surface area contributed by atoms with E-state index in [-0.39, 0.29) is 29.1 Å². The molecular formula is C32H65NO3Si3. The Morgan fingerprint density at radius 1 is 1.03 bits per heavy atom. The lowest BCUT2D eigenvalue weighted by Gasteiger charge is -2.44. The lowest BCUT2D eigenvalue weighted by molar-refractivity contribution is -0.149. The van der Waals surface area contributed by atoms with E-state index in [9.17, 15) is 0 Å². The Kier molecular flexibility index (Phi) is 12.3. The predicted molar refractivity (Wildman–Crippen MR) is 177 cm³/mol. The molecule has 0 bridgehead atoms. The van der Waals surface area contributed by atoms with Gasteiger partial charge in [-0.15, -0.1) is 11.5 Å². The van der Waals surface area contributed by atoms with Crippen LogP contribution in [-0.4, -0.2) is 55.3 Å². The van der Waals surface area contributed by atoms with Gasteiger partial charge < -0.3 is 13.6 Å². The Balaban J connectivity index is 2.48. The zero-order valence-electron chi connectivity index (χ0n) is 28.3. The minimum absolute atomic E-state index is 0.0181. The van der Waals surface area contributed by atoms with Crippen molar-refractivity contribution >= 4 is 24.7 Å². The number of hydrogen-bond donors (Lipinski definition) is 1. The fourth-order valence-electron chi connectivity index (χ4n) is 6.13. The molecule has 0 unspecified atom stereocenters. The molecule has 2 fully saturated rings. The minimum atomic E-state index is -2.04. The summed E-state index contributed by atoms with van der Waals surface area (Å²) in [5.41, 5.74) is 3.27. The quantitative estimate of drug-likeness (QED) is 0.191. The molecule has 2 aliphatic heterocycles. The van der Waals surface area contributed by atoms with Gasteiger partial charge in [0.1, 0.15) is 19.9 Å². The molecule has 0 aromatic rings. The van der Waals surface area contributed by atoms with Crippen LogP contribution in [0, 0.1) is 29.2 Å². The molecule has 4 nitrogen and oxygen atoms in total. The van der Waals surface area contributed by atoms with Crippen molar-refractivity contribution in [3.63, 3.8) is 0 Å². The van der Waals surface area contributed by atoms with Gasteiger partial charge in [-0.3, -0.25) is 5.32 Å². The molecule has 0 aromatic heterocycles. The first-order valence-electron chi connectivity index (χ1n) is 16.1. The SMILES string of the molecule is CC[Si](CC)(CC)O[C@@H]1C[C@]2(NC[C@H](C)C[C@@H]2C)O[C@@H]1[C@@H](C[C@H](C)CC#C[Si](C)(C)C)O[Si](C)(C)C(C)(C)C. The molecular weight excluding hydrogens is 531 g/mol. The van der Waals surface area contributed by atoms with Crippen molar-refractivity contribution in [2.75, 3.05) is 6.54 Å². The largest absolute Gasteiger partial charge is 0.411 e. The van der Waals surface area contributed by atoms with Crippen LogP contribution >= 0.6 is 0 Å². The summed E-state index contributed by atoms with van der Waals surface area (Å²) in [6.07, 6.45) is 4.07. The van der Waals surface area contributed by atoms with E-state index < -0.39 is 24.7 Å². The van der Waals surface area contributed by atoms with Gasteiger partial charge in [-0.1, -0.05) is 82.0 Å². The van der Waals surface area contributed by atoms with Gasteiger partial charge in [0.2, 0.25) is 0 Å². The highest BCUT2D eigenvalue weighted by Crippen LogP contribution is 2.46. The first-order valence-corrected chi connectivity index (χ1v) is 25.0. The first-order chi connectivity index (χ1) is 17.8. The van der Waals surface area contributed by atoms with Gasteiger partial charge >= 0.3 is 0 Å². The van der Waals surface area contributed by atoms with Crippen molar-refractivity contribution in [3.05, 3.63) is 0 Å². The molecule has 0 saturated carbocycles. The van der Waals surface area contributed by atoms with E-state index in [1.54, 1.807) is 0 Å². The Hall–Kier alpha value is 0.0506. The third-order valence-electron chi connectivity index (χ3n) is 10.0. The van der Waals surface area contributed by atoms with E-state index in [2.05, 4.69) is 112 Å². The molecule has 0 aliphatic carbocycles. The summed E-state index contributed by atoms with van der Waals surface area (Å²) in [4.78, 5) is 0. The van der Waals surface area contributed by atoms with Crippen LogP contribution in [0.3, 0.4) is 0 Å². The van der Waals surface area contributed by atoms with Crippen LogP contribution in [0.25, 0.3) is 0 Å². The molecule has 1 N–H and O–H groups in total. The van der Waals surface area contributed by atoms with Crippen LogP contribution in [0.2, 0.25) is 55.9 Å². The van der Waals surface area contributed by atoms with E-state index in [1.807, 2.05) is 0 Å². The Bertz CT molecular complexity index is 828. The maximum absolute atomic E-state index is 7.34. The van der Waals surface area contributed by atoms with Gasteiger partial charge in [-0.2, -0.15) is 0 Å². The average molecular weight is 596 g/mol. The molecule has 1 spiro atoms. The van der Waals surface area contributed by atoms with Crippen LogP contribution < -0.4 is 5.32 Å². The van der Waals surface area contributed by atoms with Crippen molar-refractivity contribution in [2.45, 2.75) is 168 Å². The lowest BCUT2D eigenvalue weighted by Crippen LogP contribution is -2.57. The predicted octanol–water partition coefficient (Wildman–Crippen LogP) is 8.82. The van der Waals surface area contributed by atoms with Crippen molar-refractivity contribution in [1.29, 1.82) is 0 Å². The summed E-state index contributed by atoms with van der Waals surface area (Å²) in [6.45, 7) is 33.9. The summed E-state index contributed by atoms with van der Waals surface area (Å²) >= 11 is 0. The second-order valence-corrected chi connectivity index (χ2v) is 29.9. The highest BCUT2D eigenvalue weighted by atomic mass is 28.4. The zero-order chi connectivity index (χ0) is 29.9. The van der Waals surface area contributed by atoms with Crippen molar-refractivity contribution in [2.24, 2.45) is 17.8 Å². The molecule has 7 heteroatoms. The van der Waals surface area contributed by atoms with Crippen LogP contribution in [0.15, 0.2) is 0 Å². The molecule has 2 aliphatic rings. The standard InChI is InChI=1S/C32H65NO3Si3/c1-15-39(16-2,17-3)36-29-23-32(27(6)21-26(5)24-33-32)34-30(29)28(35-38(13,14)31(7,8)9)22-25(4)19-18-20-37(10,11)12/h25-30,33H,15-17,19,21-24H2,1-14H3/t25-,26-,27+,28-,29-,30-,32+/m1/s1. The zero-order valence-corrected chi connectivity index (χ0v) is 31.3. The fraction of sp³-hybridized carbons (Fsp3) is 0.938. The molecule has 39 heavy (non-hydrogen) atoms. The third kappa shape index (κ3) is 9.27. The molecule has 2 rings (SSSR count). The summed E-state index contributed by atoms with van der Waals surface area (Å²) in [6, 6.07) is 3.48. The van der Waals surface area contributed by atoms with Crippen LogP contribution in [0.1, 0.15) is 88.0 Å². The number of hydrogen-bond acceptors (Lipinski definition) is 4. The number of ether oxygens (including phenoxy) is 1. The van der Waals surface area contributed by atoms with Gasteiger partial charge in [0.15, 0.2) is 16.6 Å². The highest BCUT2D eigenvalue weighted by Gasteiger charge is 2.56. The summed E-state index contributed by atoms with van der Waals surface area (Å²) in [5, 5.41) is 4.04. The second-order valence-electron chi connectivity index (χ2n) is 15.7. The van der Waals surface area contributed by atoms with Crippen molar-refractivity contribution in [3.8, 4) is 11.5 Å². The maximum Gasteiger partial charge on any atom is 0.192 e. The van der Waals surface area contributed by atoms with E-state index in [1.165, 1.54) is 6.42 Å². The Morgan fingerprint density at radius 2 is 1.62 bits per heavy atom. The lowest BCUT2D eigenvalue weighted by atomic mass is 9.82. The monoisotopic (exact) mass is 595 g/mol.